The van der Waals surface area contributed by atoms with Crippen LogP contribution in [0.1, 0.15) is 41.7 Å². The van der Waals surface area contributed by atoms with Crippen LogP contribution in [0, 0.1) is 20.8 Å². The molecule has 1 N–H and O–H groups in total. The van der Waals surface area contributed by atoms with E-state index in [-0.39, 0.29) is 12.6 Å². The van der Waals surface area contributed by atoms with Gasteiger partial charge in [-0.05, 0) is 97.8 Å². The first kappa shape index (κ1) is 27.5. The minimum atomic E-state index is -0.772. The van der Waals surface area contributed by atoms with E-state index in [2.05, 4.69) is 56.1 Å². The number of aromatic nitrogens is 2. The minimum absolute atomic E-state index is 0.0864. The van der Waals surface area contributed by atoms with Gasteiger partial charge >= 0.3 is 11.4 Å². The highest BCUT2D eigenvalue weighted by molar-refractivity contribution is 5.75. The third-order valence-corrected chi connectivity index (χ3v) is 7.00. The standard InChI is InChI=1S/C31H34N2O7/c1-19-13-25(37-17-26-18-38-31(4,5)39-26)14-20(2)28(19)27-8-6-7-23(21(27)3)16-36-24-11-9-22(10-12-24)15-33-29(34)32-30(35)40-33/h6-14,26H,15-18H2,1-5H3,(H,32,34,35)/t26-/m0/s1. The highest BCUT2D eigenvalue weighted by Gasteiger charge is 2.33. The van der Waals surface area contributed by atoms with Gasteiger partial charge in [-0.3, -0.25) is 0 Å². The van der Waals surface area contributed by atoms with Crippen LogP contribution in [0.5, 0.6) is 11.5 Å². The maximum absolute atomic E-state index is 11.7. The zero-order valence-electron chi connectivity index (χ0n) is 23.4. The van der Waals surface area contributed by atoms with Gasteiger partial charge in [-0.2, -0.15) is 0 Å². The fourth-order valence-corrected chi connectivity index (χ4v) is 5.01. The lowest BCUT2D eigenvalue weighted by Gasteiger charge is -2.19. The van der Waals surface area contributed by atoms with Crippen molar-refractivity contribution in [2.24, 2.45) is 0 Å². The number of ether oxygens (including phenoxy) is 4. The number of nitrogens with one attached hydrogen (secondary N) is 1. The van der Waals surface area contributed by atoms with E-state index in [0.29, 0.717) is 25.6 Å². The summed E-state index contributed by atoms with van der Waals surface area (Å²) >= 11 is 0. The van der Waals surface area contributed by atoms with E-state index in [9.17, 15) is 9.59 Å². The Morgan fingerprint density at radius 2 is 1.70 bits per heavy atom. The molecule has 9 nitrogen and oxygen atoms in total. The quantitative estimate of drug-likeness (QED) is 0.319. The van der Waals surface area contributed by atoms with Crippen molar-refractivity contribution in [1.29, 1.82) is 0 Å². The van der Waals surface area contributed by atoms with Crippen LogP contribution < -0.4 is 20.9 Å². The van der Waals surface area contributed by atoms with Crippen molar-refractivity contribution in [3.63, 3.8) is 0 Å². The maximum Gasteiger partial charge on any atom is 0.440 e. The third kappa shape index (κ3) is 6.21. The van der Waals surface area contributed by atoms with E-state index >= 15 is 0 Å². The summed E-state index contributed by atoms with van der Waals surface area (Å²) in [5, 5.41) is 0. The largest absolute Gasteiger partial charge is 0.491 e. The van der Waals surface area contributed by atoms with Gasteiger partial charge in [-0.1, -0.05) is 30.3 Å². The van der Waals surface area contributed by atoms with Gasteiger partial charge in [0.2, 0.25) is 0 Å². The predicted molar refractivity (Wildman–Crippen MR) is 150 cm³/mol. The van der Waals surface area contributed by atoms with Crippen molar-refractivity contribution < 1.29 is 23.5 Å². The van der Waals surface area contributed by atoms with Gasteiger partial charge in [0.15, 0.2) is 5.79 Å². The Hall–Kier alpha value is -4.08. The molecule has 0 unspecified atom stereocenters. The molecular weight excluding hydrogens is 512 g/mol. The second-order valence-corrected chi connectivity index (χ2v) is 10.6. The summed E-state index contributed by atoms with van der Waals surface area (Å²) in [6, 6.07) is 17.7. The van der Waals surface area contributed by atoms with Crippen molar-refractivity contribution in [2.45, 2.75) is 59.7 Å². The number of aromatic amines is 1. The van der Waals surface area contributed by atoms with Crippen molar-refractivity contribution in [2.75, 3.05) is 13.2 Å². The highest BCUT2D eigenvalue weighted by atomic mass is 16.7. The molecule has 1 aliphatic heterocycles. The van der Waals surface area contributed by atoms with Crippen molar-refractivity contribution >= 4 is 0 Å². The van der Waals surface area contributed by atoms with Crippen LogP contribution in [-0.4, -0.2) is 34.8 Å². The number of benzene rings is 3. The van der Waals surface area contributed by atoms with Gasteiger partial charge in [-0.25, -0.2) is 14.6 Å². The summed E-state index contributed by atoms with van der Waals surface area (Å²) in [7, 11) is 0. The molecule has 210 valence electrons. The average molecular weight is 547 g/mol. The van der Waals surface area contributed by atoms with E-state index in [1.54, 1.807) is 0 Å². The van der Waals surface area contributed by atoms with Crippen LogP contribution in [-0.2, 0) is 22.6 Å². The van der Waals surface area contributed by atoms with E-state index in [4.69, 9.17) is 23.5 Å². The molecule has 0 amide bonds. The van der Waals surface area contributed by atoms with Gasteiger partial charge in [-0.15, -0.1) is 4.74 Å². The molecule has 9 heteroatoms. The molecule has 0 radical (unpaired) electrons. The lowest BCUT2D eigenvalue weighted by molar-refractivity contribution is -0.141. The van der Waals surface area contributed by atoms with E-state index < -0.39 is 17.2 Å². The third-order valence-electron chi connectivity index (χ3n) is 7.00. The molecule has 3 aromatic carbocycles. The van der Waals surface area contributed by atoms with Crippen molar-refractivity contribution in [1.82, 2.24) is 9.72 Å². The van der Waals surface area contributed by atoms with Gasteiger partial charge in [0.25, 0.3) is 0 Å². The second kappa shape index (κ2) is 11.2. The minimum Gasteiger partial charge on any atom is -0.491 e. The zero-order chi connectivity index (χ0) is 28.4. The molecule has 0 bridgehead atoms. The lowest BCUT2D eigenvalue weighted by Crippen LogP contribution is -2.25. The first-order chi connectivity index (χ1) is 19.1. The Bertz CT molecular complexity index is 1590. The Balaban J connectivity index is 1.25. The highest BCUT2D eigenvalue weighted by Crippen LogP contribution is 2.35. The van der Waals surface area contributed by atoms with Crippen LogP contribution in [0.4, 0.5) is 0 Å². The fourth-order valence-electron chi connectivity index (χ4n) is 5.01. The normalized spacial score (nSPS) is 16.3. The Kier molecular flexibility index (Phi) is 7.69. The summed E-state index contributed by atoms with van der Waals surface area (Å²) in [5.74, 6) is 0.178. The molecule has 40 heavy (non-hydrogen) atoms. The lowest BCUT2D eigenvalue weighted by atomic mass is 9.90. The summed E-state index contributed by atoms with van der Waals surface area (Å²) in [5.41, 5.74) is 7.07. The molecular formula is C31H34N2O7. The van der Waals surface area contributed by atoms with Crippen molar-refractivity contribution in [3.8, 4) is 22.6 Å². The monoisotopic (exact) mass is 546 g/mol. The Morgan fingerprint density at radius 3 is 2.33 bits per heavy atom. The van der Waals surface area contributed by atoms with Gasteiger partial charge < -0.3 is 23.5 Å². The SMILES string of the molecule is Cc1cc(OC[C@H]2COC(C)(C)O2)cc(C)c1-c1cccc(COc2ccc(Cn3oc(=O)[nH]c3=O)cc2)c1C. The number of H-pyrrole nitrogens is 1. The van der Waals surface area contributed by atoms with Crippen LogP contribution in [0.15, 0.2) is 68.7 Å². The summed E-state index contributed by atoms with van der Waals surface area (Å²) in [6.07, 6.45) is -0.0864. The predicted octanol–water partition coefficient (Wildman–Crippen LogP) is 4.88. The Labute approximate surface area is 232 Å². The molecule has 0 aliphatic carbocycles. The fraction of sp³-hybridized carbons (Fsp3) is 0.355. The molecule has 1 saturated heterocycles. The van der Waals surface area contributed by atoms with Crippen LogP contribution in [0.25, 0.3) is 11.1 Å². The van der Waals surface area contributed by atoms with E-state index in [0.717, 1.165) is 43.9 Å². The van der Waals surface area contributed by atoms with Gasteiger partial charge in [0, 0.05) is 0 Å². The average Bonchev–Trinajstić information content (AvgIpc) is 3.42. The van der Waals surface area contributed by atoms with Gasteiger partial charge in [0.1, 0.15) is 30.8 Å². The summed E-state index contributed by atoms with van der Waals surface area (Å²) < 4.78 is 29.4. The molecule has 2 heterocycles. The maximum atomic E-state index is 11.7. The van der Waals surface area contributed by atoms with Crippen molar-refractivity contribution in [3.05, 3.63) is 103 Å². The molecule has 1 fully saturated rings. The second-order valence-electron chi connectivity index (χ2n) is 10.6. The molecule has 5 rings (SSSR count). The number of rotatable bonds is 9. The zero-order valence-corrected chi connectivity index (χ0v) is 23.4. The van der Waals surface area contributed by atoms with Crippen LogP contribution in [0.2, 0.25) is 0 Å². The van der Waals surface area contributed by atoms with E-state index in [1.165, 1.54) is 5.56 Å². The number of aryl methyl sites for hydroxylation is 2. The number of hydrogen-bond donors (Lipinski definition) is 1. The molecule has 1 aromatic heterocycles. The Morgan fingerprint density at radius 1 is 0.975 bits per heavy atom. The molecule has 0 saturated carbocycles. The van der Waals surface area contributed by atoms with Crippen LogP contribution in [0.3, 0.4) is 0 Å². The molecule has 0 spiro atoms. The van der Waals surface area contributed by atoms with Crippen LogP contribution >= 0.6 is 0 Å². The molecule has 1 atom stereocenters. The number of hydrogen-bond acceptors (Lipinski definition) is 7. The smallest absolute Gasteiger partial charge is 0.440 e. The summed E-state index contributed by atoms with van der Waals surface area (Å²) in [6.45, 7) is 11.7. The first-order valence-electron chi connectivity index (χ1n) is 13.2. The molecule has 1 aliphatic rings. The number of nitrogens with zero attached hydrogens (tertiary/aromatic N) is 1. The first-order valence-corrected chi connectivity index (χ1v) is 13.2. The van der Waals surface area contributed by atoms with Gasteiger partial charge in [0.05, 0.1) is 13.2 Å². The summed E-state index contributed by atoms with van der Waals surface area (Å²) in [4.78, 5) is 24.9. The topological polar surface area (TPSA) is 105 Å². The van der Waals surface area contributed by atoms with E-state index in [1.807, 2.05) is 38.1 Å². The molecule has 4 aromatic rings.